The van der Waals surface area contributed by atoms with Gasteiger partial charge in [-0.25, -0.2) is 4.79 Å². The van der Waals surface area contributed by atoms with Crippen LogP contribution >= 0.6 is 0 Å². The molecule has 39 heavy (non-hydrogen) atoms. The second-order valence-corrected chi connectivity index (χ2v) is 10.1. The van der Waals surface area contributed by atoms with Crippen molar-refractivity contribution in [1.29, 1.82) is 0 Å². The van der Waals surface area contributed by atoms with E-state index in [0.717, 1.165) is 37.0 Å². The van der Waals surface area contributed by atoms with E-state index in [-0.39, 0.29) is 17.6 Å². The summed E-state index contributed by atoms with van der Waals surface area (Å²) in [5.41, 5.74) is 2.42. The van der Waals surface area contributed by atoms with Gasteiger partial charge in [0, 0.05) is 50.5 Å². The molecule has 3 amide bonds. The number of hydrogen-bond acceptors (Lipinski definition) is 3. The van der Waals surface area contributed by atoms with E-state index >= 15 is 0 Å². The van der Waals surface area contributed by atoms with Crippen molar-refractivity contribution in [3.05, 3.63) is 89.5 Å². The lowest BCUT2D eigenvalue weighted by Gasteiger charge is -2.39. The van der Waals surface area contributed by atoms with E-state index in [9.17, 15) is 22.8 Å². The number of benzene rings is 3. The number of amides is 3. The van der Waals surface area contributed by atoms with Crippen LogP contribution in [0.5, 0.6) is 0 Å². The minimum Gasteiger partial charge on any atom is -0.312 e. The van der Waals surface area contributed by atoms with Crippen molar-refractivity contribution >= 4 is 29.0 Å². The van der Waals surface area contributed by atoms with Crippen LogP contribution in [0.1, 0.15) is 36.5 Å². The Morgan fingerprint density at radius 1 is 0.949 bits per heavy atom. The molecule has 6 nitrogen and oxygen atoms in total. The average molecular weight is 537 g/mol. The number of nitrogens with zero attached hydrogens (tertiary/aromatic N) is 3. The SMILES string of the molecule is CC(=O)N1CCc2cc(N(C(=O)Nc3ccccc3C(F)(F)F)C3CCN(Cc4ccccc4)CC3)ccc21. The summed E-state index contributed by atoms with van der Waals surface area (Å²) in [4.78, 5) is 31.4. The molecule has 0 unspecified atom stereocenters. The molecule has 1 N–H and O–H groups in total. The van der Waals surface area contributed by atoms with Gasteiger partial charge in [0.25, 0.3) is 0 Å². The summed E-state index contributed by atoms with van der Waals surface area (Å²) < 4.78 is 40.9. The van der Waals surface area contributed by atoms with Crippen LogP contribution in [-0.4, -0.2) is 42.5 Å². The van der Waals surface area contributed by atoms with Crippen molar-refractivity contribution in [1.82, 2.24) is 4.90 Å². The summed E-state index contributed by atoms with van der Waals surface area (Å²) in [6, 6.07) is 19.9. The third-order valence-corrected chi connectivity index (χ3v) is 7.48. The fraction of sp³-hybridized carbons (Fsp3) is 0.333. The molecule has 0 aromatic heterocycles. The zero-order chi connectivity index (χ0) is 27.6. The number of para-hydroxylation sites is 1. The number of carbonyl (C=O) groups is 2. The van der Waals surface area contributed by atoms with Gasteiger partial charge in [0.2, 0.25) is 5.91 Å². The van der Waals surface area contributed by atoms with Gasteiger partial charge in [-0.05, 0) is 60.7 Å². The summed E-state index contributed by atoms with van der Waals surface area (Å²) in [6.45, 7) is 4.40. The lowest BCUT2D eigenvalue weighted by atomic mass is 10.0. The first-order valence-electron chi connectivity index (χ1n) is 13.1. The van der Waals surface area contributed by atoms with Crippen LogP contribution in [-0.2, 0) is 23.9 Å². The van der Waals surface area contributed by atoms with Gasteiger partial charge >= 0.3 is 12.2 Å². The topological polar surface area (TPSA) is 55.9 Å². The van der Waals surface area contributed by atoms with Crippen LogP contribution in [0.15, 0.2) is 72.8 Å². The Hall–Kier alpha value is -3.85. The van der Waals surface area contributed by atoms with Gasteiger partial charge in [-0.1, -0.05) is 42.5 Å². The number of hydrogen-bond donors (Lipinski definition) is 1. The molecule has 0 radical (unpaired) electrons. The number of likely N-dealkylation sites (tertiary alicyclic amines) is 1. The summed E-state index contributed by atoms with van der Waals surface area (Å²) in [5, 5.41) is 2.55. The number of alkyl halides is 3. The molecule has 204 valence electrons. The largest absolute Gasteiger partial charge is 0.418 e. The molecule has 2 aliphatic rings. The standard InChI is InChI=1S/C30H31F3N4O2/c1-21(38)36-18-13-23-19-25(11-12-28(23)36)37(29(39)34-27-10-6-5-9-26(27)30(31,32)33)24-14-16-35(17-15-24)20-22-7-3-2-4-8-22/h2-12,19,24H,13-18,20H2,1H3,(H,34,39). The maximum atomic E-state index is 13.7. The number of urea groups is 1. The third-order valence-electron chi connectivity index (χ3n) is 7.48. The van der Waals surface area contributed by atoms with Gasteiger partial charge in [0.15, 0.2) is 0 Å². The van der Waals surface area contributed by atoms with Crippen LogP contribution in [0.25, 0.3) is 0 Å². The molecule has 0 spiro atoms. The molecule has 5 rings (SSSR count). The van der Waals surface area contributed by atoms with E-state index in [4.69, 9.17) is 0 Å². The Morgan fingerprint density at radius 2 is 1.64 bits per heavy atom. The number of fused-ring (bicyclic) bond motifs is 1. The zero-order valence-corrected chi connectivity index (χ0v) is 21.7. The van der Waals surface area contributed by atoms with E-state index in [1.807, 2.05) is 30.3 Å². The zero-order valence-electron chi connectivity index (χ0n) is 21.7. The van der Waals surface area contributed by atoms with Crippen molar-refractivity contribution in [3.63, 3.8) is 0 Å². The number of anilines is 3. The Labute approximate surface area is 226 Å². The van der Waals surface area contributed by atoms with Gasteiger partial charge in [0.1, 0.15) is 0 Å². The summed E-state index contributed by atoms with van der Waals surface area (Å²) in [5.74, 6) is -0.0503. The van der Waals surface area contributed by atoms with Crippen molar-refractivity contribution in [2.24, 2.45) is 0 Å². The summed E-state index contributed by atoms with van der Waals surface area (Å²) >= 11 is 0. The summed E-state index contributed by atoms with van der Waals surface area (Å²) in [6.07, 6.45) is -2.58. The van der Waals surface area contributed by atoms with Crippen LogP contribution in [0, 0.1) is 0 Å². The van der Waals surface area contributed by atoms with Gasteiger partial charge < -0.3 is 10.2 Å². The number of piperidine rings is 1. The Bertz CT molecular complexity index is 1340. The molecule has 0 bridgehead atoms. The van der Waals surface area contributed by atoms with E-state index in [0.29, 0.717) is 31.5 Å². The maximum absolute atomic E-state index is 13.7. The van der Waals surface area contributed by atoms with Crippen molar-refractivity contribution in [2.45, 2.75) is 44.9 Å². The maximum Gasteiger partial charge on any atom is 0.418 e. The van der Waals surface area contributed by atoms with Crippen molar-refractivity contribution in [2.75, 3.05) is 34.8 Å². The second-order valence-electron chi connectivity index (χ2n) is 10.1. The quantitative estimate of drug-likeness (QED) is 0.415. The van der Waals surface area contributed by atoms with E-state index < -0.39 is 17.8 Å². The molecule has 3 aromatic carbocycles. The second kappa shape index (κ2) is 11.1. The van der Waals surface area contributed by atoms with Gasteiger partial charge in [-0.15, -0.1) is 0 Å². The minimum atomic E-state index is -4.60. The predicted octanol–water partition coefficient (Wildman–Crippen LogP) is 6.32. The lowest BCUT2D eigenvalue weighted by molar-refractivity contribution is -0.136. The molecular weight excluding hydrogens is 505 g/mol. The molecule has 1 saturated heterocycles. The Balaban J connectivity index is 1.41. The molecular formula is C30H31F3N4O2. The molecule has 2 heterocycles. The molecule has 0 saturated carbocycles. The number of rotatable bonds is 5. The number of carbonyl (C=O) groups excluding carboxylic acids is 2. The average Bonchev–Trinajstić information content (AvgIpc) is 3.34. The van der Waals surface area contributed by atoms with Crippen molar-refractivity contribution in [3.8, 4) is 0 Å². The first kappa shape index (κ1) is 26.7. The van der Waals surface area contributed by atoms with E-state index in [1.54, 1.807) is 15.9 Å². The monoisotopic (exact) mass is 536 g/mol. The predicted molar refractivity (Wildman–Crippen MR) is 146 cm³/mol. The van der Waals surface area contributed by atoms with Gasteiger partial charge in [-0.3, -0.25) is 14.6 Å². The van der Waals surface area contributed by atoms with Crippen LogP contribution < -0.4 is 15.1 Å². The highest BCUT2D eigenvalue weighted by Crippen LogP contribution is 2.37. The third kappa shape index (κ3) is 5.93. The molecule has 3 aromatic rings. The fourth-order valence-corrected chi connectivity index (χ4v) is 5.55. The molecule has 2 aliphatic heterocycles. The van der Waals surface area contributed by atoms with Crippen LogP contribution in [0.2, 0.25) is 0 Å². The minimum absolute atomic E-state index is 0.0503. The first-order valence-corrected chi connectivity index (χ1v) is 13.1. The smallest absolute Gasteiger partial charge is 0.312 e. The highest BCUT2D eigenvalue weighted by atomic mass is 19.4. The lowest BCUT2D eigenvalue weighted by Crippen LogP contribution is -2.49. The van der Waals surface area contributed by atoms with Crippen LogP contribution in [0.3, 0.4) is 0 Å². The fourth-order valence-electron chi connectivity index (χ4n) is 5.55. The highest BCUT2D eigenvalue weighted by Gasteiger charge is 2.36. The highest BCUT2D eigenvalue weighted by molar-refractivity contribution is 6.03. The van der Waals surface area contributed by atoms with E-state index in [1.165, 1.54) is 30.7 Å². The Kier molecular flexibility index (Phi) is 7.61. The van der Waals surface area contributed by atoms with Gasteiger partial charge in [0.05, 0.1) is 11.3 Å². The normalized spacial score (nSPS) is 16.2. The van der Waals surface area contributed by atoms with Gasteiger partial charge in [-0.2, -0.15) is 13.2 Å². The molecule has 0 atom stereocenters. The first-order chi connectivity index (χ1) is 18.7. The van der Waals surface area contributed by atoms with Crippen LogP contribution in [0.4, 0.5) is 35.0 Å². The molecule has 0 aliphatic carbocycles. The molecule has 1 fully saturated rings. The number of nitrogens with one attached hydrogen (secondary N) is 1. The van der Waals surface area contributed by atoms with Crippen molar-refractivity contribution < 1.29 is 22.8 Å². The number of halogens is 3. The summed E-state index contributed by atoms with van der Waals surface area (Å²) in [7, 11) is 0. The van der Waals surface area contributed by atoms with E-state index in [2.05, 4.69) is 22.3 Å². The Morgan fingerprint density at radius 3 is 2.33 bits per heavy atom. The molecule has 9 heteroatoms.